The molecule has 0 saturated carbocycles. The second kappa shape index (κ2) is 5.26. The van der Waals surface area contributed by atoms with Crippen LogP contribution in [0.4, 0.5) is 5.69 Å². The van der Waals surface area contributed by atoms with E-state index in [1.807, 2.05) is 52.1 Å². The molecule has 3 rings (SSSR count). The van der Waals surface area contributed by atoms with E-state index in [2.05, 4.69) is 15.4 Å². The summed E-state index contributed by atoms with van der Waals surface area (Å²) in [5.41, 5.74) is 4.96. The van der Waals surface area contributed by atoms with E-state index in [1.165, 1.54) is 0 Å². The topological polar surface area (TPSA) is 59.8 Å². The molecule has 0 aliphatic heterocycles. The Kier molecular flexibility index (Phi) is 3.41. The summed E-state index contributed by atoms with van der Waals surface area (Å²) in [6, 6.07) is 7.72. The maximum atomic E-state index is 12.6. The number of fused-ring (bicyclic) bond motifs is 1. The van der Waals surface area contributed by atoms with Gasteiger partial charge in [-0.05, 0) is 44.5 Å². The van der Waals surface area contributed by atoms with Crippen LogP contribution in [0.1, 0.15) is 27.3 Å². The minimum absolute atomic E-state index is 0.142. The summed E-state index contributed by atoms with van der Waals surface area (Å²) in [7, 11) is 1.84. The minimum Gasteiger partial charge on any atom is -0.321 e. The van der Waals surface area contributed by atoms with Gasteiger partial charge in [0.1, 0.15) is 0 Å². The first-order valence-corrected chi connectivity index (χ1v) is 7.15. The van der Waals surface area contributed by atoms with Crippen LogP contribution >= 0.6 is 0 Å². The van der Waals surface area contributed by atoms with Gasteiger partial charge in [-0.2, -0.15) is 5.10 Å². The first-order chi connectivity index (χ1) is 10.5. The number of aromatic nitrogens is 3. The van der Waals surface area contributed by atoms with Crippen molar-refractivity contribution in [2.75, 3.05) is 5.32 Å². The first-order valence-electron chi connectivity index (χ1n) is 7.15. The highest BCUT2D eigenvalue weighted by molar-refractivity contribution is 6.10. The Labute approximate surface area is 129 Å². The van der Waals surface area contributed by atoms with E-state index < -0.39 is 0 Å². The lowest BCUT2D eigenvalue weighted by molar-refractivity contribution is 0.102. The summed E-state index contributed by atoms with van der Waals surface area (Å²) in [6.45, 7) is 5.75. The lowest BCUT2D eigenvalue weighted by Gasteiger charge is -2.10. The van der Waals surface area contributed by atoms with E-state index >= 15 is 0 Å². The van der Waals surface area contributed by atoms with Crippen molar-refractivity contribution in [3.8, 4) is 0 Å². The number of hydrogen-bond donors (Lipinski definition) is 1. The van der Waals surface area contributed by atoms with Gasteiger partial charge in [0.15, 0.2) is 0 Å². The van der Waals surface area contributed by atoms with Gasteiger partial charge >= 0.3 is 0 Å². The smallest absolute Gasteiger partial charge is 0.259 e. The monoisotopic (exact) mass is 294 g/mol. The normalized spacial score (nSPS) is 10.9. The van der Waals surface area contributed by atoms with E-state index in [1.54, 1.807) is 10.9 Å². The number of rotatable bonds is 2. The third-order valence-corrected chi connectivity index (χ3v) is 3.96. The number of pyridine rings is 1. The number of anilines is 1. The fraction of sp³-hybridized carbons (Fsp3) is 0.235. The molecule has 0 unspecified atom stereocenters. The maximum absolute atomic E-state index is 12.6. The fourth-order valence-electron chi connectivity index (χ4n) is 2.71. The fourth-order valence-corrected chi connectivity index (χ4v) is 2.71. The van der Waals surface area contributed by atoms with Gasteiger partial charge < -0.3 is 5.32 Å². The Balaban J connectivity index is 2.04. The molecular formula is C17H18N4O. The molecule has 1 amide bonds. The van der Waals surface area contributed by atoms with Gasteiger partial charge in [0.2, 0.25) is 0 Å². The molecule has 22 heavy (non-hydrogen) atoms. The number of carbonyl (C=O) groups excluding carboxylic acids is 1. The van der Waals surface area contributed by atoms with Gasteiger partial charge in [-0.15, -0.1) is 0 Å². The van der Waals surface area contributed by atoms with Crippen molar-refractivity contribution in [2.45, 2.75) is 20.8 Å². The molecular weight excluding hydrogens is 276 g/mol. The van der Waals surface area contributed by atoms with Crippen molar-refractivity contribution in [3.63, 3.8) is 0 Å². The number of nitrogens with zero attached hydrogens (tertiary/aromatic N) is 3. The predicted molar refractivity (Wildman–Crippen MR) is 87.1 cm³/mol. The van der Waals surface area contributed by atoms with Gasteiger partial charge in [-0.3, -0.25) is 14.5 Å². The summed E-state index contributed by atoms with van der Waals surface area (Å²) >= 11 is 0. The number of amides is 1. The quantitative estimate of drug-likeness (QED) is 0.790. The molecule has 2 heterocycles. The SMILES string of the molecule is Cc1nn(C)c(C)c1C(=O)Nc1ccc(C)c2ncccc12. The van der Waals surface area contributed by atoms with Gasteiger partial charge in [0.05, 0.1) is 22.5 Å². The molecule has 5 nitrogen and oxygen atoms in total. The van der Waals surface area contributed by atoms with Crippen molar-refractivity contribution in [2.24, 2.45) is 7.05 Å². The van der Waals surface area contributed by atoms with Gasteiger partial charge in [0, 0.05) is 24.3 Å². The van der Waals surface area contributed by atoms with E-state index in [-0.39, 0.29) is 5.91 Å². The van der Waals surface area contributed by atoms with Crippen molar-refractivity contribution in [3.05, 3.63) is 53.0 Å². The molecule has 0 fully saturated rings. The van der Waals surface area contributed by atoms with Crippen LogP contribution in [-0.2, 0) is 7.05 Å². The Morgan fingerprint density at radius 1 is 1.18 bits per heavy atom. The predicted octanol–water partition coefficient (Wildman–Crippen LogP) is 3.15. The highest BCUT2D eigenvalue weighted by Gasteiger charge is 2.18. The lowest BCUT2D eigenvalue weighted by atomic mass is 10.1. The van der Waals surface area contributed by atoms with Crippen LogP contribution in [0.25, 0.3) is 10.9 Å². The second-order valence-electron chi connectivity index (χ2n) is 5.45. The van der Waals surface area contributed by atoms with Crippen LogP contribution in [0.2, 0.25) is 0 Å². The summed E-state index contributed by atoms with van der Waals surface area (Å²) in [5.74, 6) is -0.142. The van der Waals surface area contributed by atoms with E-state index in [0.29, 0.717) is 5.56 Å². The maximum Gasteiger partial charge on any atom is 0.259 e. The third kappa shape index (κ3) is 2.24. The minimum atomic E-state index is -0.142. The highest BCUT2D eigenvalue weighted by Crippen LogP contribution is 2.25. The molecule has 112 valence electrons. The van der Waals surface area contributed by atoms with Gasteiger partial charge in [-0.25, -0.2) is 0 Å². The van der Waals surface area contributed by atoms with Crippen LogP contribution in [0.3, 0.4) is 0 Å². The van der Waals surface area contributed by atoms with E-state index in [9.17, 15) is 4.79 Å². The summed E-state index contributed by atoms with van der Waals surface area (Å²) in [6.07, 6.45) is 1.76. The number of hydrogen-bond acceptors (Lipinski definition) is 3. The van der Waals surface area contributed by atoms with Crippen molar-refractivity contribution in [1.82, 2.24) is 14.8 Å². The standard InChI is InChI=1S/C17H18N4O/c1-10-7-8-14(13-6-5-9-18-16(10)13)19-17(22)15-11(2)20-21(4)12(15)3/h5-9H,1-4H3,(H,19,22). The molecule has 3 aromatic rings. The summed E-state index contributed by atoms with van der Waals surface area (Å²) in [5, 5.41) is 8.22. The zero-order valence-corrected chi connectivity index (χ0v) is 13.1. The van der Waals surface area contributed by atoms with Crippen molar-refractivity contribution >= 4 is 22.5 Å². The average molecular weight is 294 g/mol. The molecule has 0 aliphatic rings. The van der Waals surface area contributed by atoms with E-state index in [4.69, 9.17) is 0 Å². The Morgan fingerprint density at radius 3 is 2.64 bits per heavy atom. The first kappa shape index (κ1) is 14.3. The molecule has 0 spiro atoms. The Bertz CT molecular complexity index is 880. The van der Waals surface area contributed by atoms with Crippen LogP contribution in [0.15, 0.2) is 30.5 Å². The Hall–Kier alpha value is -2.69. The van der Waals surface area contributed by atoms with Crippen molar-refractivity contribution in [1.29, 1.82) is 0 Å². The molecule has 0 saturated heterocycles. The molecule has 2 aromatic heterocycles. The zero-order valence-electron chi connectivity index (χ0n) is 13.1. The lowest BCUT2D eigenvalue weighted by Crippen LogP contribution is -2.14. The number of nitrogens with one attached hydrogen (secondary N) is 1. The van der Waals surface area contributed by atoms with Crippen molar-refractivity contribution < 1.29 is 4.79 Å². The van der Waals surface area contributed by atoms with E-state index in [0.717, 1.165) is 33.5 Å². The largest absolute Gasteiger partial charge is 0.321 e. The number of carbonyl (C=O) groups is 1. The summed E-state index contributed by atoms with van der Waals surface area (Å²) in [4.78, 5) is 17.0. The molecule has 0 atom stereocenters. The van der Waals surface area contributed by atoms with Crippen LogP contribution in [0, 0.1) is 20.8 Å². The highest BCUT2D eigenvalue weighted by atomic mass is 16.1. The molecule has 0 bridgehead atoms. The van der Waals surface area contributed by atoms with Gasteiger partial charge in [-0.1, -0.05) is 6.07 Å². The molecule has 0 radical (unpaired) electrons. The number of aryl methyl sites for hydroxylation is 3. The average Bonchev–Trinajstić information content (AvgIpc) is 2.75. The van der Waals surface area contributed by atoms with Gasteiger partial charge in [0.25, 0.3) is 5.91 Å². The molecule has 0 aliphatic carbocycles. The van der Waals surface area contributed by atoms with Crippen LogP contribution in [0.5, 0.6) is 0 Å². The van der Waals surface area contributed by atoms with Crippen LogP contribution < -0.4 is 5.32 Å². The molecule has 1 N–H and O–H groups in total. The zero-order chi connectivity index (χ0) is 15.9. The third-order valence-electron chi connectivity index (χ3n) is 3.96. The number of benzene rings is 1. The molecule has 5 heteroatoms. The molecule has 1 aromatic carbocycles. The second-order valence-corrected chi connectivity index (χ2v) is 5.45. The Morgan fingerprint density at radius 2 is 1.95 bits per heavy atom. The van der Waals surface area contributed by atoms with Crippen LogP contribution in [-0.4, -0.2) is 20.7 Å². The summed E-state index contributed by atoms with van der Waals surface area (Å²) < 4.78 is 1.72.